The molecule has 0 saturated carbocycles. The lowest BCUT2D eigenvalue weighted by Gasteiger charge is -2.12. The lowest BCUT2D eigenvalue weighted by molar-refractivity contribution is -0.139. The zero-order valence-corrected chi connectivity index (χ0v) is 10.4. The van der Waals surface area contributed by atoms with Crippen LogP contribution in [0, 0.1) is 6.92 Å². The smallest absolute Gasteiger partial charge is 0.331 e. The van der Waals surface area contributed by atoms with Crippen LogP contribution in [0.3, 0.4) is 0 Å². The van der Waals surface area contributed by atoms with Gasteiger partial charge in [-0.15, -0.1) is 0 Å². The van der Waals surface area contributed by atoms with Gasteiger partial charge in [-0.1, -0.05) is 0 Å². The molecule has 8 nitrogen and oxygen atoms in total. The van der Waals surface area contributed by atoms with Crippen molar-refractivity contribution in [2.24, 2.45) is 7.05 Å². The van der Waals surface area contributed by atoms with Crippen molar-refractivity contribution in [3.63, 3.8) is 0 Å². The Morgan fingerprint density at radius 1 is 1.47 bits per heavy atom. The van der Waals surface area contributed by atoms with Gasteiger partial charge in [-0.3, -0.25) is 14.6 Å². The summed E-state index contributed by atoms with van der Waals surface area (Å²) in [4.78, 5) is 23.2. The fourth-order valence-corrected chi connectivity index (χ4v) is 1.67. The molecular formula is C11H13N5O3. The number of hydrogen-bond acceptors (Lipinski definition) is 4. The molecule has 1 atom stereocenters. The van der Waals surface area contributed by atoms with Gasteiger partial charge in [0.1, 0.15) is 0 Å². The molecule has 1 amide bonds. The van der Waals surface area contributed by atoms with Crippen LogP contribution in [-0.2, 0) is 11.8 Å². The van der Waals surface area contributed by atoms with E-state index in [9.17, 15) is 14.7 Å². The quantitative estimate of drug-likeness (QED) is 0.719. The highest BCUT2D eigenvalue weighted by molar-refractivity contribution is 5.97. The van der Waals surface area contributed by atoms with E-state index >= 15 is 0 Å². The Morgan fingerprint density at radius 3 is 2.68 bits per heavy atom. The van der Waals surface area contributed by atoms with Gasteiger partial charge in [-0.2, -0.15) is 10.2 Å². The number of carbonyl (C=O) groups excluding carboxylic acids is 1. The minimum Gasteiger partial charge on any atom is -0.479 e. The number of nitrogens with zero attached hydrogens (tertiary/aromatic N) is 3. The molecular weight excluding hydrogens is 250 g/mol. The van der Waals surface area contributed by atoms with Gasteiger partial charge >= 0.3 is 5.97 Å². The predicted octanol–water partition coefficient (Wildman–Crippen LogP) is 0.00732. The SMILES string of the molecule is Cc1[nH]ncc1C(=O)NC(C(=O)O)c1cnn(C)c1. The minimum atomic E-state index is -1.15. The number of aliphatic carboxylic acids is 1. The first kappa shape index (κ1) is 12.8. The zero-order valence-electron chi connectivity index (χ0n) is 10.4. The van der Waals surface area contributed by atoms with E-state index in [1.54, 1.807) is 20.2 Å². The van der Waals surface area contributed by atoms with Crippen molar-refractivity contribution in [1.82, 2.24) is 25.3 Å². The fraction of sp³-hybridized carbons (Fsp3) is 0.273. The Hall–Kier alpha value is -2.64. The number of aromatic nitrogens is 4. The number of aromatic amines is 1. The molecule has 0 fully saturated rings. The van der Waals surface area contributed by atoms with E-state index in [0.717, 1.165) is 0 Å². The summed E-state index contributed by atoms with van der Waals surface area (Å²) in [7, 11) is 1.67. The first-order valence-electron chi connectivity index (χ1n) is 5.51. The zero-order chi connectivity index (χ0) is 14.0. The molecule has 0 spiro atoms. The van der Waals surface area contributed by atoms with E-state index in [-0.39, 0.29) is 0 Å². The number of aryl methyl sites for hydroxylation is 2. The van der Waals surface area contributed by atoms with Gasteiger partial charge in [-0.25, -0.2) is 4.79 Å². The largest absolute Gasteiger partial charge is 0.479 e. The maximum atomic E-state index is 12.0. The first-order valence-corrected chi connectivity index (χ1v) is 5.51. The number of amides is 1. The molecule has 0 bridgehead atoms. The average Bonchev–Trinajstić information content (AvgIpc) is 2.94. The molecule has 0 aliphatic heterocycles. The van der Waals surface area contributed by atoms with Crippen LogP contribution >= 0.6 is 0 Å². The minimum absolute atomic E-state index is 0.315. The van der Waals surface area contributed by atoms with Crippen molar-refractivity contribution in [2.75, 3.05) is 0 Å². The van der Waals surface area contributed by atoms with Crippen LogP contribution in [0.25, 0.3) is 0 Å². The Labute approximate surface area is 108 Å². The molecule has 0 radical (unpaired) electrons. The van der Waals surface area contributed by atoms with E-state index in [1.807, 2.05) is 0 Å². The fourth-order valence-electron chi connectivity index (χ4n) is 1.67. The maximum absolute atomic E-state index is 12.0. The van der Waals surface area contributed by atoms with Crippen molar-refractivity contribution in [2.45, 2.75) is 13.0 Å². The molecule has 3 N–H and O–H groups in total. The van der Waals surface area contributed by atoms with Gasteiger partial charge in [0, 0.05) is 24.5 Å². The van der Waals surface area contributed by atoms with Gasteiger partial charge in [0.15, 0.2) is 6.04 Å². The lowest BCUT2D eigenvalue weighted by atomic mass is 10.1. The van der Waals surface area contributed by atoms with Crippen molar-refractivity contribution in [1.29, 1.82) is 0 Å². The molecule has 2 aromatic heterocycles. The third-order valence-electron chi connectivity index (χ3n) is 2.66. The van der Waals surface area contributed by atoms with E-state index < -0.39 is 17.9 Å². The van der Waals surface area contributed by atoms with Gasteiger partial charge in [0.2, 0.25) is 0 Å². The summed E-state index contributed by atoms with van der Waals surface area (Å²) in [5.41, 5.74) is 1.30. The molecule has 8 heteroatoms. The Bertz CT molecular complexity index is 615. The van der Waals surface area contributed by atoms with Crippen molar-refractivity contribution in [3.8, 4) is 0 Å². The topological polar surface area (TPSA) is 113 Å². The summed E-state index contributed by atoms with van der Waals surface area (Å²) in [6.07, 6.45) is 4.30. The third-order valence-corrected chi connectivity index (χ3v) is 2.66. The number of hydrogen-bond donors (Lipinski definition) is 3. The Morgan fingerprint density at radius 2 is 2.21 bits per heavy atom. The molecule has 1 unspecified atom stereocenters. The number of nitrogens with one attached hydrogen (secondary N) is 2. The van der Waals surface area contributed by atoms with Gasteiger partial charge in [0.25, 0.3) is 5.91 Å². The van der Waals surface area contributed by atoms with Crippen LogP contribution in [0.2, 0.25) is 0 Å². The lowest BCUT2D eigenvalue weighted by Crippen LogP contribution is -2.33. The second kappa shape index (κ2) is 4.92. The highest BCUT2D eigenvalue weighted by Crippen LogP contribution is 2.13. The molecule has 2 rings (SSSR count). The van der Waals surface area contributed by atoms with Gasteiger partial charge in [0.05, 0.1) is 18.0 Å². The molecule has 0 aliphatic carbocycles. The molecule has 19 heavy (non-hydrogen) atoms. The molecule has 0 saturated heterocycles. The number of carbonyl (C=O) groups is 2. The Balaban J connectivity index is 2.21. The van der Waals surface area contributed by atoms with E-state index in [1.165, 1.54) is 17.1 Å². The van der Waals surface area contributed by atoms with Crippen molar-refractivity contribution >= 4 is 11.9 Å². The van der Waals surface area contributed by atoms with Gasteiger partial charge < -0.3 is 10.4 Å². The molecule has 0 aromatic carbocycles. The van der Waals surface area contributed by atoms with Crippen LogP contribution in [-0.4, -0.2) is 37.0 Å². The molecule has 2 aromatic rings. The van der Waals surface area contributed by atoms with Crippen LogP contribution in [0.1, 0.15) is 27.7 Å². The van der Waals surface area contributed by atoms with Crippen LogP contribution in [0.4, 0.5) is 0 Å². The number of H-pyrrole nitrogens is 1. The van der Waals surface area contributed by atoms with Crippen LogP contribution < -0.4 is 5.32 Å². The first-order chi connectivity index (χ1) is 8.99. The molecule has 100 valence electrons. The van der Waals surface area contributed by atoms with Gasteiger partial charge in [-0.05, 0) is 6.92 Å². The highest BCUT2D eigenvalue weighted by atomic mass is 16.4. The van der Waals surface area contributed by atoms with E-state index in [4.69, 9.17) is 0 Å². The standard InChI is InChI=1S/C11H13N5O3/c1-6-8(4-12-15-6)10(17)14-9(11(18)19)7-3-13-16(2)5-7/h3-5,9H,1-2H3,(H,12,15)(H,14,17)(H,18,19). The van der Waals surface area contributed by atoms with E-state index in [0.29, 0.717) is 16.8 Å². The second-order valence-electron chi connectivity index (χ2n) is 4.10. The third kappa shape index (κ3) is 2.62. The van der Waals surface area contributed by atoms with Crippen LogP contribution in [0.15, 0.2) is 18.6 Å². The predicted molar refractivity (Wildman–Crippen MR) is 64.4 cm³/mol. The van der Waals surface area contributed by atoms with Crippen molar-refractivity contribution in [3.05, 3.63) is 35.4 Å². The number of carboxylic acid groups (broad SMARTS) is 1. The second-order valence-corrected chi connectivity index (χ2v) is 4.10. The summed E-state index contributed by atoms with van der Waals surface area (Å²) in [5, 5.41) is 21.8. The normalized spacial score (nSPS) is 12.1. The van der Waals surface area contributed by atoms with E-state index in [2.05, 4.69) is 20.6 Å². The Kier molecular flexibility index (Phi) is 3.32. The molecule has 2 heterocycles. The molecule has 0 aliphatic rings. The number of carboxylic acids is 1. The monoisotopic (exact) mass is 263 g/mol. The summed E-state index contributed by atoms with van der Waals surface area (Å²) >= 11 is 0. The summed E-state index contributed by atoms with van der Waals surface area (Å²) < 4.78 is 1.47. The summed E-state index contributed by atoms with van der Waals surface area (Å²) in [6, 6.07) is -1.14. The summed E-state index contributed by atoms with van der Waals surface area (Å²) in [6.45, 7) is 1.68. The number of rotatable bonds is 4. The maximum Gasteiger partial charge on any atom is 0.331 e. The average molecular weight is 263 g/mol. The highest BCUT2D eigenvalue weighted by Gasteiger charge is 2.25. The summed E-state index contributed by atoms with van der Waals surface area (Å²) in [5.74, 6) is -1.65. The van der Waals surface area contributed by atoms with Crippen molar-refractivity contribution < 1.29 is 14.7 Å². The van der Waals surface area contributed by atoms with Crippen LogP contribution in [0.5, 0.6) is 0 Å².